The highest BCUT2D eigenvalue weighted by Crippen LogP contribution is 2.21. The van der Waals surface area contributed by atoms with E-state index in [-0.39, 0.29) is 23.1 Å². The van der Waals surface area contributed by atoms with Gasteiger partial charge in [0.25, 0.3) is 5.69 Å². The maximum absolute atomic E-state index is 12.1. The molecule has 138 valence electrons. The molecule has 2 rings (SSSR count). The Kier molecular flexibility index (Phi) is 7.34. The summed E-state index contributed by atoms with van der Waals surface area (Å²) in [5.74, 6) is 0.122. The van der Waals surface area contributed by atoms with E-state index in [1.54, 1.807) is 24.3 Å². The third-order valence-corrected chi connectivity index (χ3v) is 4.31. The number of alkyl halides is 2. The number of hydrogen-bond donors (Lipinski definition) is 1. The molecule has 0 atom stereocenters. The molecule has 1 amide bonds. The van der Waals surface area contributed by atoms with Crippen LogP contribution in [0.2, 0.25) is 0 Å². The highest BCUT2D eigenvalue weighted by Gasteiger charge is 2.07. The van der Waals surface area contributed by atoms with Crippen LogP contribution in [-0.4, -0.2) is 29.7 Å². The smallest absolute Gasteiger partial charge is 0.387 e. The minimum atomic E-state index is -2.85. The molecule has 0 aliphatic rings. The quantitative estimate of drug-likeness (QED) is 0.407. The Bertz CT molecular complexity index is 739. The first kappa shape index (κ1) is 19.6. The van der Waals surface area contributed by atoms with E-state index in [0.717, 1.165) is 10.5 Å². The van der Waals surface area contributed by atoms with Crippen LogP contribution in [-0.2, 0) is 11.2 Å². The van der Waals surface area contributed by atoms with Crippen LogP contribution in [0.25, 0.3) is 0 Å². The van der Waals surface area contributed by atoms with Crippen molar-refractivity contribution in [1.29, 1.82) is 0 Å². The molecule has 2 aromatic rings. The van der Waals surface area contributed by atoms with Crippen LogP contribution in [0.5, 0.6) is 5.75 Å². The second-order valence-corrected chi connectivity index (χ2v) is 6.21. The van der Waals surface area contributed by atoms with E-state index in [1.807, 2.05) is 0 Å². The lowest BCUT2D eigenvalue weighted by atomic mass is 10.1. The number of nitro benzene ring substituents is 1. The van der Waals surface area contributed by atoms with E-state index in [9.17, 15) is 23.7 Å². The third-order valence-electron chi connectivity index (χ3n) is 3.30. The number of benzene rings is 2. The van der Waals surface area contributed by atoms with Crippen molar-refractivity contribution < 1.29 is 23.2 Å². The number of nitrogens with one attached hydrogen (secondary N) is 1. The fourth-order valence-corrected chi connectivity index (χ4v) is 2.78. The van der Waals surface area contributed by atoms with E-state index >= 15 is 0 Å². The number of thioether (sulfide) groups is 1. The molecule has 26 heavy (non-hydrogen) atoms. The summed E-state index contributed by atoms with van der Waals surface area (Å²) in [7, 11) is 0. The van der Waals surface area contributed by atoms with Gasteiger partial charge in [-0.1, -0.05) is 12.1 Å². The lowest BCUT2D eigenvalue weighted by Crippen LogP contribution is -2.27. The van der Waals surface area contributed by atoms with Crippen LogP contribution in [0.1, 0.15) is 5.56 Å². The molecule has 0 saturated carbocycles. The predicted molar refractivity (Wildman–Crippen MR) is 93.6 cm³/mol. The highest BCUT2D eigenvalue weighted by molar-refractivity contribution is 8.00. The second kappa shape index (κ2) is 9.71. The molecule has 9 heteroatoms. The van der Waals surface area contributed by atoms with Gasteiger partial charge in [0.2, 0.25) is 5.91 Å². The van der Waals surface area contributed by atoms with E-state index in [2.05, 4.69) is 10.1 Å². The first-order valence-electron chi connectivity index (χ1n) is 7.62. The summed E-state index contributed by atoms with van der Waals surface area (Å²) in [6, 6.07) is 12.2. The van der Waals surface area contributed by atoms with Gasteiger partial charge in [-0.15, -0.1) is 11.8 Å². The summed E-state index contributed by atoms with van der Waals surface area (Å²) in [5.41, 5.74) is 0.888. The van der Waals surface area contributed by atoms with Crippen LogP contribution >= 0.6 is 11.8 Å². The van der Waals surface area contributed by atoms with E-state index in [4.69, 9.17) is 0 Å². The average Bonchev–Trinajstić information content (AvgIpc) is 2.61. The van der Waals surface area contributed by atoms with Gasteiger partial charge in [-0.3, -0.25) is 14.9 Å². The number of non-ortho nitro benzene ring substituents is 1. The predicted octanol–water partition coefficient (Wildman–Crippen LogP) is 3.65. The Balaban J connectivity index is 1.69. The molecule has 0 saturated heterocycles. The van der Waals surface area contributed by atoms with Crippen molar-refractivity contribution in [2.45, 2.75) is 17.9 Å². The number of carbonyl (C=O) groups is 1. The zero-order valence-electron chi connectivity index (χ0n) is 13.6. The minimum Gasteiger partial charge on any atom is -0.435 e. The summed E-state index contributed by atoms with van der Waals surface area (Å²) in [6.45, 7) is -2.44. The molecule has 0 bridgehead atoms. The van der Waals surface area contributed by atoms with Crippen LogP contribution in [0.3, 0.4) is 0 Å². The van der Waals surface area contributed by atoms with Gasteiger partial charge in [0.15, 0.2) is 0 Å². The standard InChI is InChI=1S/C17H16F2N2O4S/c18-17(19)25-14-5-1-12(2-6-14)9-10-20-16(22)11-26-15-7-3-13(4-8-15)21(23)24/h1-8,17H,9-11H2,(H,20,22). The van der Waals surface area contributed by atoms with Crippen molar-refractivity contribution in [3.05, 3.63) is 64.2 Å². The molecular weight excluding hydrogens is 366 g/mol. The van der Waals surface area contributed by atoms with Gasteiger partial charge in [-0.2, -0.15) is 8.78 Å². The molecule has 1 N–H and O–H groups in total. The fraction of sp³-hybridized carbons (Fsp3) is 0.235. The summed E-state index contributed by atoms with van der Waals surface area (Å²) in [5, 5.41) is 13.3. The molecule has 0 heterocycles. The highest BCUT2D eigenvalue weighted by atomic mass is 32.2. The van der Waals surface area contributed by atoms with Crippen molar-refractivity contribution in [1.82, 2.24) is 5.32 Å². The molecule has 0 fully saturated rings. The van der Waals surface area contributed by atoms with E-state index in [0.29, 0.717) is 13.0 Å². The summed E-state index contributed by atoms with van der Waals surface area (Å²) in [4.78, 5) is 22.7. The van der Waals surface area contributed by atoms with Crippen LogP contribution in [0.15, 0.2) is 53.4 Å². The molecule has 0 aliphatic heterocycles. The average molecular weight is 382 g/mol. The van der Waals surface area contributed by atoms with Gasteiger partial charge in [0.1, 0.15) is 5.75 Å². The van der Waals surface area contributed by atoms with Gasteiger partial charge < -0.3 is 10.1 Å². The minimum absolute atomic E-state index is 0.00349. The second-order valence-electron chi connectivity index (χ2n) is 5.16. The van der Waals surface area contributed by atoms with E-state index < -0.39 is 11.5 Å². The number of hydrogen-bond acceptors (Lipinski definition) is 5. The molecular formula is C17H16F2N2O4S. The Morgan fingerprint density at radius 2 is 1.81 bits per heavy atom. The first-order chi connectivity index (χ1) is 12.4. The number of halogens is 2. The molecule has 2 aromatic carbocycles. The number of carbonyl (C=O) groups excluding carboxylic acids is 1. The first-order valence-corrected chi connectivity index (χ1v) is 8.60. The Hall–Kier alpha value is -2.68. The summed E-state index contributed by atoms with van der Waals surface area (Å²) in [6.07, 6.45) is 0.558. The Labute approximate surface area is 152 Å². The van der Waals surface area contributed by atoms with Gasteiger partial charge in [0.05, 0.1) is 10.7 Å². The van der Waals surface area contributed by atoms with E-state index in [1.165, 1.54) is 36.0 Å². The topological polar surface area (TPSA) is 81.5 Å². The van der Waals surface area contributed by atoms with Crippen LogP contribution in [0.4, 0.5) is 14.5 Å². The zero-order chi connectivity index (χ0) is 18.9. The Morgan fingerprint density at radius 1 is 1.15 bits per heavy atom. The number of rotatable bonds is 9. The van der Waals surface area contributed by atoms with Gasteiger partial charge in [-0.25, -0.2) is 0 Å². The maximum Gasteiger partial charge on any atom is 0.387 e. The van der Waals surface area contributed by atoms with Crippen LogP contribution in [0, 0.1) is 10.1 Å². The zero-order valence-corrected chi connectivity index (χ0v) is 14.4. The molecule has 0 unspecified atom stereocenters. The van der Waals surface area contributed by atoms with Gasteiger partial charge in [0, 0.05) is 23.6 Å². The number of nitrogens with zero attached hydrogens (tertiary/aromatic N) is 1. The lowest BCUT2D eigenvalue weighted by Gasteiger charge is -2.07. The summed E-state index contributed by atoms with van der Waals surface area (Å²) >= 11 is 1.28. The lowest BCUT2D eigenvalue weighted by molar-refractivity contribution is -0.384. The van der Waals surface area contributed by atoms with Crippen molar-refractivity contribution in [2.75, 3.05) is 12.3 Å². The number of ether oxygens (including phenoxy) is 1. The van der Waals surface area contributed by atoms with Crippen molar-refractivity contribution >= 4 is 23.4 Å². The number of amides is 1. The van der Waals surface area contributed by atoms with Crippen molar-refractivity contribution in [3.63, 3.8) is 0 Å². The van der Waals surface area contributed by atoms with Gasteiger partial charge >= 0.3 is 6.61 Å². The summed E-state index contributed by atoms with van der Waals surface area (Å²) < 4.78 is 28.4. The Morgan fingerprint density at radius 3 is 2.38 bits per heavy atom. The van der Waals surface area contributed by atoms with Crippen molar-refractivity contribution in [2.24, 2.45) is 0 Å². The fourth-order valence-electron chi connectivity index (χ4n) is 2.05. The normalized spacial score (nSPS) is 10.6. The molecule has 0 spiro atoms. The largest absolute Gasteiger partial charge is 0.435 e. The number of nitro groups is 1. The van der Waals surface area contributed by atoms with Gasteiger partial charge in [-0.05, 0) is 36.2 Å². The molecule has 6 nitrogen and oxygen atoms in total. The third kappa shape index (κ3) is 6.67. The SMILES string of the molecule is O=C(CSc1ccc([N+](=O)[O-])cc1)NCCc1ccc(OC(F)F)cc1. The molecule has 0 aromatic heterocycles. The van der Waals surface area contributed by atoms with Crippen molar-refractivity contribution in [3.8, 4) is 5.75 Å². The monoisotopic (exact) mass is 382 g/mol. The molecule has 0 aliphatic carbocycles. The molecule has 0 radical (unpaired) electrons. The van der Waals surface area contributed by atoms with Crippen LogP contribution < -0.4 is 10.1 Å². The maximum atomic E-state index is 12.1.